The lowest BCUT2D eigenvalue weighted by Crippen LogP contribution is -2.34. The first-order valence-corrected chi connectivity index (χ1v) is 8.46. The Balaban J connectivity index is 2.07. The van der Waals surface area contributed by atoms with Gasteiger partial charge in [-0.1, -0.05) is 24.3 Å². The number of carbonyl (C=O) groups excluding carboxylic acids is 3. The van der Waals surface area contributed by atoms with E-state index in [1.807, 2.05) is 6.07 Å². The Morgan fingerprint density at radius 3 is 2.12 bits per heavy atom. The molecule has 2 aromatic carbocycles. The highest BCUT2D eigenvalue weighted by Crippen LogP contribution is 2.20. The van der Waals surface area contributed by atoms with E-state index in [2.05, 4.69) is 31.9 Å². The van der Waals surface area contributed by atoms with Crippen molar-refractivity contribution in [1.82, 2.24) is 10.6 Å². The molecule has 0 aromatic heterocycles. The molecule has 2 aromatic rings. The summed E-state index contributed by atoms with van der Waals surface area (Å²) in [7, 11) is 0. The Morgan fingerprint density at radius 2 is 1.44 bits per heavy atom. The van der Waals surface area contributed by atoms with Crippen molar-refractivity contribution in [2.24, 2.45) is 0 Å². The van der Waals surface area contributed by atoms with Crippen LogP contribution in [-0.2, 0) is 4.79 Å². The maximum atomic E-state index is 12.4. The minimum absolute atomic E-state index is 0.157. The Bertz CT molecular complexity index is 793. The average molecular weight is 404 g/mol. The molecule has 0 aliphatic rings. The largest absolute Gasteiger partial charge is 0.355 e. The molecular weight excluding hydrogens is 386 g/mol. The molecule has 0 aliphatic carbocycles. The van der Waals surface area contributed by atoms with Crippen molar-refractivity contribution in [2.75, 3.05) is 18.4 Å². The molecule has 130 valence electrons. The Labute approximate surface area is 154 Å². The van der Waals surface area contributed by atoms with Gasteiger partial charge in [-0.25, -0.2) is 0 Å². The zero-order chi connectivity index (χ0) is 18.2. The fraction of sp³-hybridized carbons (Fsp3) is 0.167. The third kappa shape index (κ3) is 5.42. The van der Waals surface area contributed by atoms with Crippen molar-refractivity contribution in [1.29, 1.82) is 0 Å². The Kier molecular flexibility index (Phi) is 6.71. The van der Waals surface area contributed by atoms with E-state index in [0.717, 1.165) is 0 Å². The zero-order valence-electron chi connectivity index (χ0n) is 13.6. The number of anilines is 1. The van der Waals surface area contributed by atoms with Crippen LogP contribution in [0.1, 0.15) is 27.6 Å². The molecule has 3 amide bonds. The number of rotatable bonds is 6. The number of para-hydroxylation sites is 1. The van der Waals surface area contributed by atoms with Crippen LogP contribution in [0, 0.1) is 0 Å². The molecule has 0 saturated heterocycles. The molecule has 2 rings (SSSR count). The monoisotopic (exact) mass is 403 g/mol. The van der Waals surface area contributed by atoms with Gasteiger partial charge >= 0.3 is 0 Å². The van der Waals surface area contributed by atoms with E-state index in [1.54, 1.807) is 42.5 Å². The van der Waals surface area contributed by atoms with E-state index < -0.39 is 0 Å². The Morgan fingerprint density at radius 1 is 0.840 bits per heavy atom. The molecule has 0 unspecified atom stereocenters. The first kappa shape index (κ1) is 18.7. The number of hydrogen-bond acceptors (Lipinski definition) is 3. The second kappa shape index (κ2) is 8.98. The number of carbonyl (C=O) groups is 3. The van der Waals surface area contributed by atoms with Gasteiger partial charge in [0.25, 0.3) is 11.8 Å². The molecule has 0 atom stereocenters. The zero-order valence-corrected chi connectivity index (χ0v) is 15.2. The van der Waals surface area contributed by atoms with Crippen molar-refractivity contribution < 1.29 is 14.4 Å². The van der Waals surface area contributed by atoms with E-state index in [1.165, 1.54) is 6.92 Å². The molecule has 25 heavy (non-hydrogen) atoms. The maximum Gasteiger partial charge on any atom is 0.256 e. The van der Waals surface area contributed by atoms with Crippen molar-refractivity contribution in [3.05, 3.63) is 64.1 Å². The highest BCUT2D eigenvalue weighted by atomic mass is 79.9. The molecule has 0 bridgehead atoms. The number of halogens is 1. The van der Waals surface area contributed by atoms with Crippen LogP contribution in [0.25, 0.3) is 0 Å². The van der Waals surface area contributed by atoms with E-state index in [9.17, 15) is 14.4 Å². The minimum Gasteiger partial charge on any atom is -0.355 e. The second-order valence-corrected chi connectivity index (χ2v) is 6.07. The normalized spacial score (nSPS) is 10.0. The molecule has 0 spiro atoms. The summed E-state index contributed by atoms with van der Waals surface area (Å²) in [6.45, 7) is 2.05. The average Bonchev–Trinajstić information content (AvgIpc) is 2.59. The van der Waals surface area contributed by atoms with Gasteiger partial charge in [-0.2, -0.15) is 0 Å². The lowest BCUT2D eigenvalue weighted by Gasteiger charge is -2.12. The Hall–Kier alpha value is -2.67. The van der Waals surface area contributed by atoms with Gasteiger partial charge in [0, 0.05) is 24.5 Å². The highest BCUT2D eigenvalue weighted by Gasteiger charge is 2.15. The minimum atomic E-state index is -0.326. The van der Waals surface area contributed by atoms with Gasteiger partial charge in [0.2, 0.25) is 5.91 Å². The fourth-order valence-corrected chi connectivity index (χ4v) is 2.60. The molecular formula is C18H18BrN3O3. The second-order valence-electron chi connectivity index (χ2n) is 5.22. The van der Waals surface area contributed by atoms with Crippen molar-refractivity contribution >= 4 is 39.3 Å². The van der Waals surface area contributed by atoms with Gasteiger partial charge < -0.3 is 16.0 Å². The van der Waals surface area contributed by atoms with Crippen LogP contribution >= 0.6 is 15.9 Å². The van der Waals surface area contributed by atoms with E-state index in [-0.39, 0.29) is 17.7 Å². The third-order valence-corrected chi connectivity index (χ3v) is 4.01. The lowest BCUT2D eigenvalue weighted by molar-refractivity contribution is -0.118. The molecule has 3 N–H and O–H groups in total. The summed E-state index contributed by atoms with van der Waals surface area (Å²) < 4.78 is 0.671. The number of amides is 3. The molecule has 0 aliphatic heterocycles. The van der Waals surface area contributed by atoms with Crippen LogP contribution in [-0.4, -0.2) is 30.8 Å². The summed E-state index contributed by atoms with van der Waals surface area (Å²) in [6.07, 6.45) is 0. The predicted octanol–water partition coefficient (Wildman–Crippen LogP) is 2.57. The van der Waals surface area contributed by atoms with Crippen LogP contribution in [0.4, 0.5) is 5.69 Å². The van der Waals surface area contributed by atoms with Crippen LogP contribution in [0.2, 0.25) is 0 Å². The first-order valence-electron chi connectivity index (χ1n) is 7.66. The summed E-state index contributed by atoms with van der Waals surface area (Å²) in [4.78, 5) is 35.6. The number of hydrogen-bond donors (Lipinski definition) is 3. The van der Waals surface area contributed by atoms with Gasteiger partial charge in [-0.15, -0.1) is 0 Å². The van der Waals surface area contributed by atoms with Crippen LogP contribution < -0.4 is 16.0 Å². The van der Waals surface area contributed by atoms with Crippen LogP contribution in [0.15, 0.2) is 53.0 Å². The van der Waals surface area contributed by atoms with Gasteiger partial charge in [0.1, 0.15) is 0 Å². The van der Waals surface area contributed by atoms with Gasteiger partial charge in [-0.3, -0.25) is 14.4 Å². The van der Waals surface area contributed by atoms with Crippen LogP contribution in [0.5, 0.6) is 0 Å². The topological polar surface area (TPSA) is 87.3 Å². The van der Waals surface area contributed by atoms with Crippen molar-refractivity contribution in [3.63, 3.8) is 0 Å². The van der Waals surface area contributed by atoms with Gasteiger partial charge in [-0.05, 0) is 40.2 Å². The summed E-state index contributed by atoms with van der Waals surface area (Å²) >= 11 is 3.34. The summed E-state index contributed by atoms with van der Waals surface area (Å²) in [5.74, 6) is -0.797. The lowest BCUT2D eigenvalue weighted by atomic mass is 10.1. The highest BCUT2D eigenvalue weighted by molar-refractivity contribution is 9.10. The quantitative estimate of drug-likeness (QED) is 0.647. The third-order valence-electron chi connectivity index (χ3n) is 3.32. The standard InChI is InChI=1S/C18H18BrN3O3/c1-12(23)20-10-11-21-17(24)14-7-3-5-9-16(14)22-18(25)13-6-2-4-8-15(13)19/h2-9H,10-11H2,1H3,(H,20,23)(H,21,24)(H,22,25). The molecule has 0 saturated carbocycles. The van der Waals surface area contributed by atoms with E-state index in [4.69, 9.17) is 0 Å². The summed E-state index contributed by atoms with van der Waals surface area (Å²) in [5, 5.41) is 8.06. The maximum absolute atomic E-state index is 12.4. The smallest absolute Gasteiger partial charge is 0.256 e. The molecule has 0 radical (unpaired) electrons. The molecule has 0 heterocycles. The van der Waals surface area contributed by atoms with Crippen molar-refractivity contribution in [3.8, 4) is 0 Å². The number of benzene rings is 2. The SMILES string of the molecule is CC(=O)NCCNC(=O)c1ccccc1NC(=O)c1ccccc1Br. The number of nitrogens with one attached hydrogen (secondary N) is 3. The van der Waals surface area contributed by atoms with Crippen LogP contribution in [0.3, 0.4) is 0 Å². The summed E-state index contributed by atoms with van der Waals surface area (Å²) in [5.41, 5.74) is 1.24. The van der Waals surface area contributed by atoms with E-state index >= 15 is 0 Å². The van der Waals surface area contributed by atoms with Gasteiger partial charge in [0.05, 0.1) is 16.8 Å². The summed E-state index contributed by atoms with van der Waals surface area (Å²) in [6, 6.07) is 13.8. The van der Waals surface area contributed by atoms with Crippen molar-refractivity contribution in [2.45, 2.75) is 6.92 Å². The fourth-order valence-electron chi connectivity index (χ4n) is 2.13. The molecule has 0 fully saturated rings. The molecule has 6 nitrogen and oxygen atoms in total. The van der Waals surface area contributed by atoms with E-state index in [0.29, 0.717) is 34.4 Å². The van der Waals surface area contributed by atoms with Gasteiger partial charge in [0.15, 0.2) is 0 Å². The first-order chi connectivity index (χ1) is 12.0. The predicted molar refractivity (Wildman–Crippen MR) is 99.6 cm³/mol. The molecule has 7 heteroatoms.